The van der Waals surface area contributed by atoms with E-state index >= 15 is 0 Å². The molecule has 0 atom stereocenters. The van der Waals surface area contributed by atoms with Crippen molar-refractivity contribution in [3.63, 3.8) is 0 Å². The molecule has 244 valence electrons. The van der Waals surface area contributed by atoms with Crippen molar-refractivity contribution < 1.29 is 109 Å². The van der Waals surface area contributed by atoms with E-state index in [2.05, 4.69) is 80.9 Å². The zero-order valence-corrected chi connectivity index (χ0v) is 29.2. The van der Waals surface area contributed by atoms with Crippen molar-refractivity contribution >= 4 is 31.0 Å². The van der Waals surface area contributed by atoms with E-state index in [4.69, 9.17) is 59.8 Å². The predicted molar refractivity (Wildman–Crippen MR) is 123 cm³/mol. The van der Waals surface area contributed by atoms with Crippen molar-refractivity contribution in [2.24, 2.45) is 9.98 Å². The molecular weight excluding hydrogens is 796 g/mol. The van der Waals surface area contributed by atoms with Crippen LogP contribution in [0.2, 0.25) is 0 Å². The average Bonchev–Trinajstić information content (AvgIpc) is 2.66. The van der Waals surface area contributed by atoms with Crippen LogP contribution in [0.5, 0.6) is 0 Å². The van der Waals surface area contributed by atoms with Crippen LogP contribution in [0.4, 0.5) is 0 Å². The summed E-state index contributed by atoms with van der Waals surface area (Å²) < 4.78 is 67.9. The molecule has 0 fully saturated rings. The van der Waals surface area contributed by atoms with Gasteiger partial charge >= 0.3 is 40.8 Å². The number of halogens is 2. The molecule has 1 aromatic carbocycles. The Kier molecular flexibility index (Phi) is 30.9. The Bertz CT molecular complexity index is 826. The second-order valence-electron chi connectivity index (χ2n) is 9.16. The molecule has 0 aliphatic carbocycles. The van der Waals surface area contributed by atoms with Gasteiger partial charge < -0.3 is 32.3 Å². The van der Waals surface area contributed by atoms with Crippen LogP contribution in [0.1, 0.15) is 44.4 Å². The number of likely N-dealkylation sites (N-methyl/N-ethyl adjacent to an activating group) is 2. The van der Waals surface area contributed by atoms with Gasteiger partial charge in [-0.15, -0.1) is 20.5 Å². The summed E-state index contributed by atoms with van der Waals surface area (Å²) in [6.07, 6.45) is 3.83. The Morgan fingerprint density at radius 1 is 0.805 bits per heavy atom. The fourth-order valence-electron chi connectivity index (χ4n) is 2.14. The Balaban J connectivity index is -0.000000224. The molecule has 0 aliphatic rings. The van der Waals surface area contributed by atoms with Crippen LogP contribution in [0.15, 0.2) is 27.0 Å². The van der Waals surface area contributed by atoms with E-state index in [-0.39, 0.29) is 46.3 Å². The minimum absolute atomic E-state index is 0. The first kappa shape index (κ1) is 50.4. The van der Waals surface area contributed by atoms with Crippen molar-refractivity contribution in [2.45, 2.75) is 38.0 Å². The first-order chi connectivity index (χ1) is 17.3. The summed E-state index contributed by atoms with van der Waals surface area (Å²) in [4.78, 5) is 23.1. The molecule has 14 nitrogen and oxygen atoms in total. The van der Waals surface area contributed by atoms with Crippen molar-refractivity contribution in [2.75, 3.05) is 54.4 Å². The van der Waals surface area contributed by atoms with Gasteiger partial charge in [0.1, 0.15) is 0 Å². The van der Waals surface area contributed by atoms with E-state index in [1.165, 1.54) is 5.56 Å². The maximum absolute atomic E-state index is 8.89. The molecule has 0 aromatic heterocycles. The molecule has 41 heavy (non-hydrogen) atoms. The van der Waals surface area contributed by atoms with Gasteiger partial charge in [0, 0.05) is 31.5 Å². The quantitative estimate of drug-likeness (QED) is 0.134. The minimum atomic E-state index is -4.94. The number of hydrogen-bond donors (Lipinski definition) is 0. The van der Waals surface area contributed by atoms with Crippen LogP contribution in [0, 0.1) is 20.5 Å². The molecular formula is C22H36Cl2N4O10Pd2S. The standard InChI is InChI=1S/C20H34N4S.C2H4O2.2ClHO4.2Pd/c1-20(2,3)18-12-16(14-21-8-10-23(4)5)19(25)17(13-18)15-22-9-11-24(6)7;1-2(3)4;2*2-1(3,4)5;;/h12-15,25H,8-11H2,1-7H3;1H3,(H,3,4);2*(H,2,3,4,5);;/q;;;;2*+2/p-4. The van der Waals surface area contributed by atoms with Crippen LogP contribution < -0.4 is 42.4 Å². The van der Waals surface area contributed by atoms with E-state index in [0.29, 0.717) is 0 Å². The summed E-state index contributed by atoms with van der Waals surface area (Å²) in [5.74, 6) is -1.08. The van der Waals surface area contributed by atoms with Crippen LogP contribution >= 0.6 is 0 Å². The van der Waals surface area contributed by atoms with E-state index in [0.717, 1.165) is 49.1 Å². The molecule has 0 heterocycles. The van der Waals surface area contributed by atoms with Gasteiger partial charge in [-0.25, -0.2) is 37.3 Å². The maximum atomic E-state index is 8.89. The summed E-state index contributed by atoms with van der Waals surface area (Å²) >= 11 is 5.67. The van der Waals surface area contributed by atoms with E-state index < -0.39 is 26.5 Å². The SMILES string of the molecule is CC(=O)[O-].CN(C)CCN=Cc1cc(C(C)(C)C)cc(C=NCCN(C)C)c1[S-].[O-][Cl+3]([O-])([O-])[O-].[O-][Cl+3]([O-])([O-])[O-].[Pd+2].[Pd+2]. The van der Waals surface area contributed by atoms with Crippen LogP contribution in [-0.4, -0.2) is 82.6 Å². The molecule has 0 radical (unpaired) electrons. The molecule has 0 saturated carbocycles. The number of carboxylic acids is 1. The molecule has 0 saturated heterocycles. The van der Waals surface area contributed by atoms with Gasteiger partial charge in [-0.1, -0.05) is 32.9 Å². The van der Waals surface area contributed by atoms with Crippen molar-refractivity contribution in [1.29, 1.82) is 0 Å². The van der Waals surface area contributed by atoms with E-state index in [9.17, 15) is 0 Å². The fourth-order valence-corrected chi connectivity index (χ4v) is 2.36. The van der Waals surface area contributed by atoms with Gasteiger partial charge in [0.25, 0.3) is 0 Å². The Morgan fingerprint density at radius 2 is 1.05 bits per heavy atom. The molecule has 0 bridgehead atoms. The fraction of sp³-hybridized carbons (Fsp3) is 0.591. The molecule has 0 amide bonds. The number of benzene rings is 1. The number of nitrogens with zero attached hydrogens (tertiary/aromatic N) is 4. The van der Waals surface area contributed by atoms with Gasteiger partial charge in [-0.3, -0.25) is 9.98 Å². The Hall–Kier alpha value is -0.245. The zero-order chi connectivity index (χ0) is 31.6. The Labute approximate surface area is 279 Å². The zero-order valence-electron chi connectivity index (χ0n) is 23.8. The summed E-state index contributed by atoms with van der Waals surface area (Å²) in [5, 5.41) is 8.89. The summed E-state index contributed by atoms with van der Waals surface area (Å²) in [7, 11) is -1.68. The van der Waals surface area contributed by atoms with E-state index in [1.54, 1.807) is 0 Å². The van der Waals surface area contributed by atoms with Crippen molar-refractivity contribution in [3.8, 4) is 0 Å². The number of carboxylic acid groups (broad SMARTS) is 1. The first-order valence-electron chi connectivity index (χ1n) is 10.9. The number of hydrogen-bond acceptors (Lipinski definition) is 15. The van der Waals surface area contributed by atoms with Crippen molar-refractivity contribution in [1.82, 2.24) is 9.80 Å². The average molecular weight is 832 g/mol. The third-order valence-electron chi connectivity index (χ3n) is 3.83. The first-order valence-corrected chi connectivity index (χ1v) is 13.8. The largest absolute Gasteiger partial charge is 2.00 e. The van der Waals surface area contributed by atoms with Gasteiger partial charge in [0.05, 0.1) is 13.1 Å². The van der Waals surface area contributed by atoms with Gasteiger partial charge in [-0.2, -0.15) is 4.90 Å². The second kappa shape index (κ2) is 25.1. The van der Waals surface area contributed by atoms with Crippen LogP contribution in [0.3, 0.4) is 0 Å². The number of aliphatic carboxylic acids is 1. The summed E-state index contributed by atoms with van der Waals surface area (Å²) in [5.41, 5.74) is 3.33. The van der Waals surface area contributed by atoms with Gasteiger partial charge in [0.2, 0.25) is 0 Å². The molecule has 0 spiro atoms. The minimum Gasteiger partial charge on any atom is -0.778 e. The molecule has 0 aliphatic heterocycles. The second-order valence-corrected chi connectivity index (χ2v) is 11.1. The maximum Gasteiger partial charge on any atom is 2.00 e. The van der Waals surface area contributed by atoms with Crippen molar-refractivity contribution in [3.05, 3.63) is 28.8 Å². The normalized spacial score (nSPS) is 11.5. The molecule has 19 heteroatoms. The van der Waals surface area contributed by atoms with Gasteiger partial charge in [-0.05, 0) is 57.2 Å². The molecule has 0 N–H and O–H groups in total. The summed E-state index contributed by atoms with van der Waals surface area (Å²) in [6, 6.07) is 4.33. The smallest absolute Gasteiger partial charge is 0.778 e. The number of carbonyl (C=O) groups excluding carboxylic acids is 1. The van der Waals surface area contributed by atoms with Crippen LogP contribution in [0.25, 0.3) is 0 Å². The number of carbonyl (C=O) groups is 1. The molecule has 1 rings (SSSR count). The summed E-state index contributed by atoms with van der Waals surface area (Å²) in [6.45, 7) is 11.0. The number of rotatable bonds is 8. The molecule has 0 unspecified atom stereocenters. The van der Waals surface area contributed by atoms with Gasteiger partial charge in [0.15, 0.2) is 0 Å². The third-order valence-corrected chi connectivity index (χ3v) is 4.30. The predicted octanol–water partition coefficient (Wildman–Crippen LogP) is -7.91. The third kappa shape index (κ3) is 44.3. The monoisotopic (exact) mass is 830 g/mol. The molecule has 1 aromatic rings. The topological polar surface area (TPSA) is 256 Å². The Morgan fingerprint density at radius 3 is 1.24 bits per heavy atom. The number of aliphatic imine (C=N–C) groups is 2. The van der Waals surface area contributed by atoms with Crippen LogP contribution in [-0.2, 0) is 63.7 Å². The van der Waals surface area contributed by atoms with E-state index in [1.807, 2.05) is 12.4 Å².